The zero-order valence-corrected chi connectivity index (χ0v) is 15.0. The molecule has 0 radical (unpaired) electrons. The number of carbonyl (C=O) groups is 1. The number of nitrogens with one attached hydrogen (secondary N) is 2. The molecule has 1 aromatic carbocycles. The van der Waals surface area contributed by atoms with E-state index in [1.165, 1.54) is 17.6 Å². The van der Waals surface area contributed by atoms with Crippen molar-refractivity contribution >= 4 is 35.0 Å². The highest BCUT2D eigenvalue weighted by Gasteiger charge is 2.35. The van der Waals surface area contributed by atoms with E-state index in [4.69, 9.17) is 11.6 Å². The fraction of sp³-hybridized carbons (Fsp3) is 0.400. The predicted octanol–water partition coefficient (Wildman–Crippen LogP) is 3.70. The topological polar surface area (TPSA) is 79.8 Å². The Bertz CT molecular complexity index is 892. The van der Waals surface area contributed by atoms with E-state index in [1.54, 1.807) is 0 Å². The van der Waals surface area contributed by atoms with E-state index in [-0.39, 0.29) is 22.4 Å². The molecule has 1 heterocycles. The molecular weight excluding hydrogens is 393 g/mol. The van der Waals surface area contributed by atoms with Crippen LogP contribution in [-0.2, 0) is 11.0 Å². The van der Waals surface area contributed by atoms with Gasteiger partial charge in [-0.15, -0.1) is 5.10 Å². The maximum atomic E-state index is 13.1. The number of aromatic amines is 1. The van der Waals surface area contributed by atoms with E-state index in [1.807, 2.05) is 0 Å². The van der Waals surface area contributed by atoms with Crippen LogP contribution in [0.3, 0.4) is 0 Å². The number of hydrogen-bond donors (Lipinski definition) is 2. The van der Waals surface area contributed by atoms with Crippen molar-refractivity contribution in [1.29, 1.82) is 0 Å². The Morgan fingerprint density at radius 3 is 2.77 bits per heavy atom. The molecule has 1 fully saturated rings. The van der Waals surface area contributed by atoms with Gasteiger partial charge in [-0.05, 0) is 38.0 Å². The summed E-state index contributed by atoms with van der Waals surface area (Å²) in [5.41, 5.74) is -1.76. The maximum Gasteiger partial charge on any atom is 0.418 e. The van der Waals surface area contributed by atoms with Crippen LogP contribution in [0.25, 0.3) is 0 Å². The zero-order chi connectivity index (χ0) is 19.1. The monoisotopic (exact) mass is 406 g/mol. The molecule has 0 unspecified atom stereocenters. The first-order chi connectivity index (χ1) is 12.2. The molecule has 1 aliphatic rings. The van der Waals surface area contributed by atoms with Crippen molar-refractivity contribution in [2.24, 2.45) is 0 Å². The Morgan fingerprint density at radius 1 is 1.46 bits per heavy atom. The third-order valence-corrected chi connectivity index (χ3v) is 5.08. The third kappa shape index (κ3) is 4.07. The van der Waals surface area contributed by atoms with Crippen LogP contribution in [-0.4, -0.2) is 25.9 Å². The zero-order valence-electron chi connectivity index (χ0n) is 13.4. The minimum Gasteiger partial charge on any atom is -0.325 e. The second kappa shape index (κ2) is 6.99. The average Bonchev–Trinajstić information content (AvgIpc) is 3.32. The number of rotatable bonds is 5. The lowest BCUT2D eigenvalue weighted by atomic mass is 10.1. The van der Waals surface area contributed by atoms with Crippen molar-refractivity contribution in [1.82, 2.24) is 14.8 Å². The van der Waals surface area contributed by atoms with E-state index in [0.717, 1.165) is 36.7 Å². The highest BCUT2D eigenvalue weighted by Crippen LogP contribution is 2.38. The third-order valence-electron chi connectivity index (χ3n) is 3.78. The van der Waals surface area contributed by atoms with Crippen molar-refractivity contribution in [2.45, 2.75) is 42.4 Å². The Kier molecular flexibility index (Phi) is 5.07. The van der Waals surface area contributed by atoms with Crippen LogP contribution in [0.5, 0.6) is 0 Å². The molecule has 1 atom stereocenters. The highest BCUT2D eigenvalue weighted by atomic mass is 35.5. The summed E-state index contributed by atoms with van der Waals surface area (Å²) in [6.45, 7) is 1.53. The standard InChI is InChI=1S/C15H14ClF3N4O2S/c1-7(26-14-22-21-13(25)23(14)9-3-4-9)12(24)20-11-5-2-8(16)6-10(11)15(17,18)19/h2,5-7,9H,3-4H2,1H3,(H,20,24)(H,21,25)/t7-/m0/s1. The summed E-state index contributed by atoms with van der Waals surface area (Å²) in [4.78, 5) is 24.1. The lowest BCUT2D eigenvalue weighted by Crippen LogP contribution is -2.25. The van der Waals surface area contributed by atoms with Gasteiger partial charge in [-0.1, -0.05) is 23.4 Å². The van der Waals surface area contributed by atoms with Crippen molar-refractivity contribution in [3.63, 3.8) is 0 Å². The number of amides is 1. The number of anilines is 1. The fourth-order valence-corrected chi connectivity index (χ4v) is 3.43. The molecule has 1 aliphatic carbocycles. The number of aromatic nitrogens is 3. The van der Waals surface area contributed by atoms with Crippen molar-refractivity contribution in [2.75, 3.05) is 5.32 Å². The van der Waals surface area contributed by atoms with Crippen LogP contribution in [0, 0.1) is 0 Å². The summed E-state index contributed by atoms with van der Waals surface area (Å²) in [5.74, 6) is -0.638. The summed E-state index contributed by atoms with van der Waals surface area (Å²) in [5, 5.41) is 7.98. The van der Waals surface area contributed by atoms with E-state index in [2.05, 4.69) is 15.5 Å². The van der Waals surface area contributed by atoms with E-state index in [9.17, 15) is 22.8 Å². The van der Waals surface area contributed by atoms with Gasteiger partial charge < -0.3 is 5.32 Å². The Hall–Kier alpha value is -1.94. The van der Waals surface area contributed by atoms with E-state index >= 15 is 0 Å². The van der Waals surface area contributed by atoms with Crippen LogP contribution in [0.4, 0.5) is 18.9 Å². The van der Waals surface area contributed by atoms with Crippen LogP contribution in [0.2, 0.25) is 5.02 Å². The smallest absolute Gasteiger partial charge is 0.325 e. The highest BCUT2D eigenvalue weighted by molar-refractivity contribution is 8.00. The second-order valence-corrected chi connectivity index (χ2v) is 7.59. The van der Waals surface area contributed by atoms with Crippen LogP contribution in [0.1, 0.15) is 31.4 Å². The number of carbonyl (C=O) groups excluding carboxylic acids is 1. The minimum absolute atomic E-state index is 0.0621. The quantitative estimate of drug-likeness (QED) is 0.742. The number of alkyl halides is 3. The Morgan fingerprint density at radius 2 is 2.15 bits per heavy atom. The van der Waals surface area contributed by atoms with Crippen molar-refractivity contribution in [3.05, 3.63) is 39.3 Å². The largest absolute Gasteiger partial charge is 0.418 e. The maximum absolute atomic E-state index is 13.1. The lowest BCUT2D eigenvalue weighted by molar-refractivity contribution is -0.137. The summed E-state index contributed by atoms with van der Waals surface area (Å²) in [6.07, 6.45) is -2.95. The first-order valence-electron chi connectivity index (χ1n) is 7.68. The normalized spacial score (nSPS) is 15.7. The molecule has 26 heavy (non-hydrogen) atoms. The number of thioether (sulfide) groups is 1. The van der Waals surface area contributed by atoms with Gasteiger partial charge >= 0.3 is 11.9 Å². The molecule has 0 aliphatic heterocycles. The Labute approximate surface area is 155 Å². The summed E-state index contributed by atoms with van der Waals surface area (Å²) < 4.78 is 40.8. The fourth-order valence-electron chi connectivity index (χ4n) is 2.33. The van der Waals surface area contributed by atoms with E-state index in [0.29, 0.717) is 5.16 Å². The number of halogens is 4. The van der Waals surface area contributed by atoms with Crippen LogP contribution in [0.15, 0.2) is 28.2 Å². The molecular formula is C15H14ClF3N4O2S. The van der Waals surface area contributed by atoms with E-state index < -0.39 is 22.9 Å². The minimum atomic E-state index is -4.65. The van der Waals surface area contributed by atoms with Gasteiger partial charge in [-0.3, -0.25) is 9.36 Å². The van der Waals surface area contributed by atoms with Gasteiger partial charge in [0.05, 0.1) is 16.5 Å². The lowest BCUT2D eigenvalue weighted by Gasteiger charge is -2.16. The van der Waals surface area contributed by atoms with Gasteiger partial charge in [0, 0.05) is 11.1 Å². The number of hydrogen-bond acceptors (Lipinski definition) is 4. The molecule has 1 amide bonds. The van der Waals surface area contributed by atoms with Gasteiger partial charge in [0.2, 0.25) is 5.91 Å². The molecule has 0 saturated heterocycles. The molecule has 11 heteroatoms. The average molecular weight is 407 g/mol. The van der Waals surface area contributed by atoms with Gasteiger partial charge in [-0.25, -0.2) is 9.89 Å². The van der Waals surface area contributed by atoms with Crippen molar-refractivity contribution < 1.29 is 18.0 Å². The first kappa shape index (κ1) is 18.8. The van der Waals surface area contributed by atoms with Crippen LogP contribution >= 0.6 is 23.4 Å². The molecule has 2 aromatic rings. The van der Waals surface area contributed by atoms with Gasteiger partial charge in [0.25, 0.3) is 0 Å². The molecule has 0 bridgehead atoms. The molecule has 6 nitrogen and oxygen atoms in total. The SMILES string of the molecule is C[C@H](Sc1n[nH]c(=O)n1C1CC1)C(=O)Nc1ccc(Cl)cc1C(F)(F)F. The number of nitrogens with zero attached hydrogens (tertiary/aromatic N) is 2. The number of benzene rings is 1. The predicted molar refractivity (Wildman–Crippen MR) is 91.5 cm³/mol. The summed E-state index contributed by atoms with van der Waals surface area (Å²) in [6, 6.07) is 3.19. The van der Waals surface area contributed by atoms with Gasteiger partial charge in [0.1, 0.15) is 0 Å². The summed E-state index contributed by atoms with van der Waals surface area (Å²) >= 11 is 6.63. The van der Waals surface area contributed by atoms with Gasteiger partial charge in [-0.2, -0.15) is 13.2 Å². The first-order valence-corrected chi connectivity index (χ1v) is 8.93. The van der Waals surface area contributed by atoms with Gasteiger partial charge in [0.15, 0.2) is 5.16 Å². The van der Waals surface area contributed by atoms with Crippen molar-refractivity contribution in [3.8, 4) is 0 Å². The molecule has 0 spiro atoms. The Balaban J connectivity index is 1.75. The number of H-pyrrole nitrogens is 1. The second-order valence-electron chi connectivity index (χ2n) is 5.85. The van der Waals surface area contributed by atoms with Crippen LogP contribution < -0.4 is 11.0 Å². The molecule has 140 valence electrons. The summed E-state index contributed by atoms with van der Waals surface area (Å²) in [7, 11) is 0. The molecule has 1 aromatic heterocycles. The molecule has 2 N–H and O–H groups in total. The molecule has 3 rings (SSSR count). The molecule has 1 saturated carbocycles.